The summed E-state index contributed by atoms with van der Waals surface area (Å²) < 4.78 is 5.06. The molecule has 0 aliphatic rings. The summed E-state index contributed by atoms with van der Waals surface area (Å²) in [6.45, 7) is 0.183. The van der Waals surface area contributed by atoms with E-state index in [9.17, 15) is 4.79 Å². The van der Waals surface area contributed by atoms with Crippen LogP contribution in [0, 0.1) is 0 Å². The van der Waals surface area contributed by atoms with Crippen LogP contribution in [0.1, 0.15) is 11.1 Å². The fourth-order valence-electron chi connectivity index (χ4n) is 1.58. The van der Waals surface area contributed by atoms with Crippen LogP contribution in [0.2, 0.25) is 10.0 Å². The highest BCUT2D eigenvalue weighted by atomic mass is 35.5. The quantitative estimate of drug-likeness (QED) is 0.870. The Morgan fingerprint density at radius 2 is 1.81 bits per heavy atom. The molecule has 2 rings (SSSR count). The van der Waals surface area contributed by atoms with Gasteiger partial charge in [-0.05, 0) is 35.4 Å². The van der Waals surface area contributed by atoms with Gasteiger partial charge in [0.05, 0.1) is 0 Å². The summed E-state index contributed by atoms with van der Waals surface area (Å²) in [5, 5.41) is 3.77. The summed E-state index contributed by atoms with van der Waals surface area (Å²) >= 11 is 11.8. The maximum atomic E-state index is 11.5. The van der Waals surface area contributed by atoms with Crippen molar-refractivity contribution in [3.8, 4) is 0 Å². The van der Waals surface area contributed by atoms with Gasteiger partial charge in [0.1, 0.15) is 6.61 Å². The molecule has 2 aromatic rings. The predicted octanol–water partition coefficient (Wildman–Crippen LogP) is 4.89. The van der Waals surface area contributed by atoms with Crippen molar-refractivity contribution >= 4 is 35.4 Å². The average Bonchev–Trinajstić information content (AvgIpc) is 2.49. The second kappa shape index (κ2) is 7.72. The molecule has 0 atom stereocenters. The van der Waals surface area contributed by atoms with Crippen molar-refractivity contribution in [3.63, 3.8) is 0 Å². The highest BCUT2D eigenvalue weighted by molar-refractivity contribution is 6.32. The number of carbonyl (C=O) groups excluding carboxylic acids is 1. The molecule has 0 aliphatic heterocycles. The summed E-state index contributed by atoms with van der Waals surface area (Å²) in [5.41, 5.74) is 1.68. The zero-order valence-corrected chi connectivity index (χ0v) is 12.6. The van der Waals surface area contributed by atoms with Gasteiger partial charge < -0.3 is 4.74 Å². The van der Waals surface area contributed by atoms with Gasteiger partial charge in [0.25, 0.3) is 0 Å². The van der Waals surface area contributed by atoms with Crippen LogP contribution in [-0.4, -0.2) is 6.09 Å². The van der Waals surface area contributed by atoms with Gasteiger partial charge in [-0.2, -0.15) is 0 Å². The molecule has 3 nitrogen and oxygen atoms in total. The van der Waals surface area contributed by atoms with E-state index in [2.05, 4.69) is 5.32 Å². The molecule has 0 unspecified atom stereocenters. The van der Waals surface area contributed by atoms with Gasteiger partial charge >= 0.3 is 6.09 Å². The highest BCUT2D eigenvalue weighted by Gasteiger charge is 2.00. The SMILES string of the molecule is O=C(N/C=C/c1ccccc1Cl)OCc1ccc(Cl)cc1. The molecule has 0 saturated heterocycles. The molecule has 0 fully saturated rings. The van der Waals surface area contributed by atoms with Gasteiger partial charge in [0, 0.05) is 16.2 Å². The lowest BCUT2D eigenvalue weighted by Gasteiger charge is -2.04. The molecule has 0 aliphatic carbocycles. The molecule has 0 aromatic heterocycles. The maximum absolute atomic E-state index is 11.5. The van der Waals surface area contributed by atoms with E-state index in [4.69, 9.17) is 27.9 Å². The number of benzene rings is 2. The Kier molecular flexibility index (Phi) is 5.67. The number of carbonyl (C=O) groups is 1. The van der Waals surface area contributed by atoms with Gasteiger partial charge in [-0.25, -0.2) is 4.79 Å². The van der Waals surface area contributed by atoms with E-state index in [0.29, 0.717) is 10.0 Å². The van der Waals surface area contributed by atoms with Crippen LogP contribution in [0.3, 0.4) is 0 Å². The average molecular weight is 322 g/mol. The number of hydrogen-bond acceptors (Lipinski definition) is 2. The molecule has 108 valence electrons. The summed E-state index contributed by atoms with van der Waals surface area (Å²) in [4.78, 5) is 11.5. The molecule has 0 radical (unpaired) electrons. The van der Waals surface area contributed by atoms with Gasteiger partial charge in [-0.3, -0.25) is 5.32 Å². The van der Waals surface area contributed by atoms with Gasteiger partial charge in [-0.1, -0.05) is 53.5 Å². The second-order valence-electron chi connectivity index (χ2n) is 4.20. The number of alkyl carbamates (subject to hydrolysis) is 1. The Hall–Kier alpha value is -1.97. The number of nitrogens with one attached hydrogen (secondary N) is 1. The van der Waals surface area contributed by atoms with Crippen molar-refractivity contribution < 1.29 is 9.53 Å². The summed E-state index contributed by atoms with van der Waals surface area (Å²) in [6, 6.07) is 14.4. The molecule has 0 heterocycles. The monoisotopic (exact) mass is 321 g/mol. The largest absolute Gasteiger partial charge is 0.444 e. The Labute approximate surface area is 133 Å². The van der Waals surface area contributed by atoms with Crippen molar-refractivity contribution in [2.75, 3.05) is 0 Å². The van der Waals surface area contributed by atoms with Crippen molar-refractivity contribution in [2.45, 2.75) is 6.61 Å². The first-order valence-electron chi connectivity index (χ1n) is 6.24. The third-order valence-electron chi connectivity index (χ3n) is 2.65. The minimum Gasteiger partial charge on any atom is -0.444 e. The fraction of sp³-hybridized carbons (Fsp3) is 0.0625. The lowest BCUT2D eigenvalue weighted by atomic mass is 10.2. The predicted molar refractivity (Wildman–Crippen MR) is 85.3 cm³/mol. The van der Waals surface area contributed by atoms with Gasteiger partial charge in [0.15, 0.2) is 0 Å². The number of amides is 1. The third-order valence-corrected chi connectivity index (χ3v) is 3.25. The second-order valence-corrected chi connectivity index (χ2v) is 5.05. The smallest absolute Gasteiger partial charge is 0.411 e. The molecule has 0 bridgehead atoms. The molecule has 2 aromatic carbocycles. The van der Waals surface area contributed by atoms with Crippen LogP contribution in [0.5, 0.6) is 0 Å². The minimum atomic E-state index is -0.534. The van der Waals surface area contributed by atoms with Crippen LogP contribution in [-0.2, 0) is 11.3 Å². The van der Waals surface area contributed by atoms with E-state index < -0.39 is 6.09 Å². The van der Waals surface area contributed by atoms with Crippen LogP contribution >= 0.6 is 23.2 Å². The first-order chi connectivity index (χ1) is 10.1. The Morgan fingerprint density at radius 3 is 2.52 bits per heavy atom. The van der Waals surface area contributed by atoms with E-state index in [1.807, 2.05) is 18.2 Å². The minimum absolute atomic E-state index is 0.183. The third kappa shape index (κ3) is 5.14. The van der Waals surface area contributed by atoms with Crippen molar-refractivity contribution in [2.24, 2.45) is 0 Å². The Balaban J connectivity index is 1.80. The van der Waals surface area contributed by atoms with E-state index in [0.717, 1.165) is 11.1 Å². The number of hydrogen-bond donors (Lipinski definition) is 1. The topological polar surface area (TPSA) is 38.3 Å². The Morgan fingerprint density at radius 1 is 1.10 bits per heavy atom. The van der Waals surface area contributed by atoms with Crippen molar-refractivity contribution in [3.05, 3.63) is 75.9 Å². The molecule has 1 amide bonds. The van der Waals surface area contributed by atoms with Crippen LogP contribution in [0.25, 0.3) is 6.08 Å². The lowest BCUT2D eigenvalue weighted by Crippen LogP contribution is -2.18. The van der Waals surface area contributed by atoms with Gasteiger partial charge in [0.2, 0.25) is 0 Å². The normalized spacial score (nSPS) is 10.6. The van der Waals surface area contributed by atoms with E-state index in [1.54, 1.807) is 36.4 Å². The molecular weight excluding hydrogens is 309 g/mol. The maximum Gasteiger partial charge on any atom is 0.411 e. The van der Waals surface area contributed by atoms with Crippen LogP contribution < -0.4 is 5.32 Å². The number of rotatable bonds is 4. The van der Waals surface area contributed by atoms with Crippen molar-refractivity contribution in [1.82, 2.24) is 5.32 Å². The number of ether oxygens (including phenoxy) is 1. The first-order valence-corrected chi connectivity index (χ1v) is 6.99. The zero-order chi connectivity index (χ0) is 15.1. The fourth-order valence-corrected chi connectivity index (χ4v) is 1.91. The zero-order valence-electron chi connectivity index (χ0n) is 11.1. The molecule has 5 heteroatoms. The van der Waals surface area contributed by atoms with Crippen molar-refractivity contribution in [1.29, 1.82) is 0 Å². The first kappa shape index (κ1) is 15.4. The molecular formula is C16H13Cl2NO2. The van der Waals surface area contributed by atoms with Crippen LogP contribution in [0.15, 0.2) is 54.7 Å². The van der Waals surface area contributed by atoms with E-state index >= 15 is 0 Å². The molecule has 1 N–H and O–H groups in total. The summed E-state index contributed by atoms with van der Waals surface area (Å²) in [5.74, 6) is 0. The number of halogens is 2. The highest BCUT2D eigenvalue weighted by Crippen LogP contribution is 2.15. The summed E-state index contributed by atoms with van der Waals surface area (Å²) in [7, 11) is 0. The molecule has 0 spiro atoms. The lowest BCUT2D eigenvalue weighted by molar-refractivity contribution is 0.143. The van der Waals surface area contributed by atoms with E-state index in [1.165, 1.54) is 6.20 Å². The molecule has 0 saturated carbocycles. The molecule has 21 heavy (non-hydrogen) atoms. The van der Waals surface area contributed by atoms with Crippen LogP contribution in [0.4, 0.5) is 4.79 Å². The Bertz CT molecular complexity index is 639. The van der Waals surface area contributed by atoms with E-state index in [-0.39, 0.29) is 6.61 Å². The summed E-state index contributed by atoms with van der Waals surface area (Å²) in [6.07, 6.45) is 2.66. The van der Waals surface area contributed by atoms with Gasteiger partial charge in [-0.15, -0.1) is 0 Å². The standard InChI is InChI=1S/C16H13Cl2NO2/c17-14-7-5-12(6-8-14)11-21-16(20)19-10-9-13-3-1-2-4-15(13)18/h1-10H,11H2,(H,19,20)/b10-9+.